The summed E-state index contributed by atoms with van der Waals surface area (Å²) >= 11 is 0. The summed E-state index contributed by atoms with van der Waals surface area (Å²) < 4.78 is 12.0. The van der Waals surface area contributed by atoms with Crippen LogP contribution < -0.4 is 0 Å². The number of carbonyl (C=O) groups excluding carboxylic acids is 2. The maximum atomic E-state index is 13.3. The smallest absolute Gasteiger partial charge is 0.410 e. The first kappa shape index (κ1) is 31.0. The predicted octanol–water partition coefficient (Wildman–Crippen LogP) is 5.26. The normalized spacial score (nSPS) is 35.0. The third-order valence-electron chi connectivity index (χ3n) is 8.94. The van der Waals surface area contributed by atoms with Crippen LogP contribution in [0.15, 0.2) is 60.3 Å². The fourth-order valence-electron chi connectivity index (χ4n) is 6.10. The largest absolute Gasteiger partial charge is 0.457 e. The van der Waals surface area contributed by atoms with Crippen LogP contribution in [0.3, 0.4) is 0 Å². The van der Waals surface area contributed by atoms with Gasteiger partial charge in [-0.15, -0.1) is 0 Å². The third-order valence-corrected chi connectivity index (χ3v) is 8.94. The molecule has 1 aromatic heterocycles. The van der Waals surface area contributed by atoms with Gasteiger partial charge >= 0.3 is 12.1 Å². The maximum Gasteiger partial charge on any atom is 0.410 e. The molecule has 1 N–H and O–H groups in total. The second kappa shape index (κ2) is 13.3. The number of piperazine rings is 1. The summed E-state index contributed by atoms with van der Waals surface area (Å²) in [5.41, 5.74) is 0.616. The van der Waals surface area contributed by atoms with E-state index in [1.807, 2.05) is 62.1 Å². The standard InChI is InChI=1S/C33H47N3O5/c1-22-15-16-33(5,39)29(40-32(38)36-21-26-19-27(36)20-35(26)6)14-13-25(4)31(41-30(37)18-22)24(3)11-9-10-23(2)28-12-7-8-17-34-28/h7-14,17,22-23,25-27,29,31,39H,15-16,18-21H2,1-6H3/b10-9+,14-13+,24-11+/t22-,23-,25+,26-,27+,29+,31-,33-/m1/s1. The van der Waals surface area contributed by atoms with E-state index in [1.54, 1.807) is 19.2 Å². The maximum absolute atomic E-state index is 13.3. The van der Waals surface area contributed by atoms with Crippen molar-refractivity contribution in [3.8, 4) is 0 Å². The number of nitrogens with zero attached hydrogens (tertiary/aromatic N) is 3. The molecule has 8 heteroatoms. The number of hydrogen-bond acceptors (Lipinski definition) is 7. The summed E-state index contributed by atoms with van der Waals surface area (Å²) in [5, 5.41) is 11.5. The summed E-state index contributed by atoms with van der Waals surface area (Å²) in [6, 6.07) is 6.40. The van der Waals surface area contributed by atoms with Crippen molar-refractivity contribution in [3.63, 3.8) is 0 Å². The van der Waals surface area contributed by atoms with Gasteiger partial charge in [-0.3, -0.25) is 14.7 Å². The van der Waals surface area contributed by atoms with E-state index in [0.29, 0.717) is 25.4 Å². The van der Waals surface area contributed by atoms with E-state index in [0.717, 1.165) is 24.2 Å². The number of allylic oxidation sites excluding steroid dienone is 3. The van der Waals surface area contributed by atoms with Crippen LogP contribution in [0, 0.1) is 11.8 Å². The Kier molecular flexibility index (Phi) is 10.1. The Hall–Kier alpha value is -2.97. The van der Waals surface area contributed by atoms with E-state index < -0.39 is 17.8 Å². The number of likely N-dealkylation sites (tertiary alicyclic amines) is 2. The zero-order valence-corrected chi connectivity index (χ0v) is 25.4. The molecule has 2 saturated heterocycles. The highest BCUT2D eigenvalue weighted by Gasteiger charge is 2.45. The van der Waals surface area contributed by atoms with E-state index in [4.69, 9.17) is 9.47 Å². The summed E-state index contributed by atoms with van der Waals surface area (Å²) in [6.45, 7) is 11.2. The van der Waals surface area contributed by atoms with Gasteiger partial charge in [0.05, 0.1) is 0 Å². The van der Waals surface area contributed by atoms with Crippen LogP contribution in [-0.4, -0.2) is 82.0 Å². The van der Waals surface area contributed by atoms with Gasteiger partial charge in [0.1, 0.15) is 11.7 Å². The van der Waals surface area contributed by atoms with Crippen molar-refractivity contribution in [2.75, 3.05) is 20.1 Å². The molecule has 2 bridgehead atoms. The van der Waals surface area contributed by atoms with Crippen LogP contribution in [0.1, 0.15) is 71.9 Å². The number of fused-ring (bicyclic) bond motifs is 2. The number of likely N-dealkylation sites (N-methyl/N-ethyl adjacent to an activating group) is 1. The molecule has 0 saturated carbocycles. The van der Waals surface area contributed by atoms with Crippen molar-refractivity contribution in [1.29, 1.82) is 0 Å². The average molecular weight is 566 g/mol. The lowest BCUT2D eigenvalue weighted by atomic mass is 9.87. The summed E-state index contributed by atoms with van der Waals surface area (Å²) in [7, 11) is 2.09. The predicted molar refractivity (Wildman–Crippen MR) is 159 cm³/mol. The number of aromatic nitrogens is 1. The van der Waals surface area contributed by atoms with Crippen LogP contribution in [0.25, 0.3) is 0 Å². The molecule has 0 unspecified atom stereocenters. The van der Waals surface area contributed by atoms with Gasteiger partial charge in [0, 0.05) is 55.3 Å². The molecule has 8 atom stereocenters. The van der Waals surface area contributed by atoms with Gasteiger partial charge < -0.3 is 19.5 Å². The lowest BCUT2D eigenvalue weighted by Gasteiger charge is -2.36. The van der Waals surface area contributed by atoms with E-state index in [9.17, 15) is 14.7 Å². The van der Waals surface area contributed by atoms with E-state index in [-0.39, 0.29) is 42.3 Å². The first-order valence-corrected chi connectivity index (χ1v) is 15.0. The highest BCUT2D eigenvalue weighted by molar-refractivity contribution is 5.70. The highest BCUT2D eigenvalue weighted by Crippen LogP contribution is 2.32. The van der Waals surface area contributed by atoms with Gasteiger partial charge in [-0.2, -0.15) is 0 Å². The molecular weight excluding hydrogens is 518 g/mol. The van der Waals surface area contributed by atoms with Crippen molar-refractivity contribution in [2.24, 2.45) is 11.8 Å². The zero-order valence-electron chi connectivity index (χ0n) is 25.4. The van der Waals surface area contributed by atoms with Crippen LogP contribution in [-0.2, 0) is 14.3 Å². The first-order chi connectivity index (χ1) is 19.4. The number of hydrogen-bond donors (Lipinski definition) is 1. The Balaban J connectivity index is 1.52. The molecule has 4 rings (SSSR count). The number of ether oxygens (including phenoxy) is 2. The number of esters is 1. The third kappa shape index (κ3) is 7.86. The molecule has 0 aliphatic carbocycles. The summed E-state index contributed by atoms with van der Waals surface area (Å²) in [4.78, 5) is 34.7. The number of pyridine rings is 1. The number of amides is 1. The Labute approximate surface area is 245 Å². The molecule has 8 nitrogen and oxygen atoms in total. The van der Waals surface area contributed by atoms with Gasteiger partial charge in [0.15, 0.2) is 6.10 Å². The monoisotopic (exact) mass is 565 g/mol. The Morgan fingerprint density at radius 1 is 1.24 bits per heavy atom. The highest BCUT2D eigenvalue weighted by atomic mass is 16.6. The van der Waals surface area contributed by atoms with Gasteiger partial charge in [-0.05, 0) is 69.9 Å². The van der Waals surface area contributed by atoms with Crippen molar-refractivity contribution in [1.82, 2.24) is 14.8 Å². The quantitative estimate of drug-likeness (QED) is 0.296. The molecule has 0 radical (unpaired) electrons. The van der Waals surface area contributed by atoms with Gasteiger partial charge in [0.25, 0.3) is 0 Å². The van der Waals surface area contributed by atoms with E-state index >= 15 is 0 Å². The zero-order chi connectivity index (χ0) is 29.7. The van der Waals surface area contributed by atoms with Gasteiger partial charge in [0.2, 0.25) is 0 Å². The molecule has 1 amide bonds. The SMILES string of the molecule is C/C(=C\C=C\[C@@H](C)c1ccccn1)[C@H]1OC(=O)C[C@H](C)CC[C@@](C)(O)[C@@H](OC(=O)N2C[C@H]3C[C@H]2CN3C)/C=C/[C@@H]1C. The van der Waals surface area contributed by atoms with Gasteiger partial charge in [-0.1, -0.05) is 51.1 Å². The number of carbonyl (C=O) groups is 2. The van der Waals surface area contributed by atoms with E-state index in [1.165, 1.54) is 0 Å². The minimum atomic E-state index is -1.27. The second-order valence-electron chi connectivity index (χ2n) is 12.6. The van der Waals surface area contributed by atoms with E-state index in [2.05, 4.69) is 29.9 Å². The molecule has 3 aliphatic heterocycles. The molecule has 41 heavy (non-hydrogen) atoms. The van der Waals surface area contributed by atoms with Crippen molar-refractivity contribution >= 4 is 12.1 Å². The first-order valence-electron chi connectivity index (χ1n) is 15.0. The fraction of sp³-hybridized carbons (Fsp3) is 0.606. The Bertz CT molecular complexity index is 1140. The minimum Gasteiger partial charge on any atom is -0.457 e. The molecular formula is C33H47N3O5. The molecule has 0 aromatic carbocycles. The molecule has 2 fully saturated rings. The second-order valence-corrected chi connectivity index (χ2v) is 12.6. The molecule has 4 heterocycles. The molecule has 3 aliphatic rings. The molecule has 0 spiro atoms. The fourth-order valence-corrected chi connectivity index (χ4v) is 6.10. The van der Waals surface area contributed by atoms with Crippen molar-refractivity contribution in [3.05, 3.63) is 66.0 Å². The summed E-state index contributed by atoms with van der Waals surface area (Å²) in [5.74, 6) is -0.308. The van der Waals surface area contributed by atoms with Crippen molar-refractivity contribution in [2.45, 2.75) is 96.1 Å². The number of rotatable bonds is 5. The van der Waals surface area contributed by atoms with Crippen LogP contribution in [0.5, 0.6) is 0 Å². The Morgan fingerprint density at radius 2 is 2.02 bits per heavy atom. The van der Waals surface area contributed by atoms with Gasteiger partial charge in [-0.25, -0.2) is 4.79 Å². The number of cyclic esters (lactones) is 1. The van der Waals surface area contributed by atoms with Crippen LogP contribution in [0.2, 0.25) is 0 Å². The molecule has 224 valence electrons. The topological polar surface area (TPSA) is 92.2 Å². The number of aliphatic hydroxyl groups is 1. The lowest BCUT2D eigenvalue weighted by Crippen LogP contribution is -2.50. The molecule has 1 aromatic rings. The van der Waals surface area contributed by atoms with Crippen molar-refractivity contribution < 1.29 is 24.2 Å². The summed E-state index contributed by atoms with van der Waals surface area (Å²) in [6.07, 6.45) is 12.0. The Morgan fingerprint density at radius 3 is 2.68 bits per heavy atom. The van der Waals surface area contributed by atoms with Crippen LogP contribution in [0.4, 0.5) is 4.79 Å². The van der Waals surface area contributed by atoms with Crippen LogP contribution >= 0.6 is 0 Å². The minimum absolute atomic E-state index is 0.0120. The average Bonchev–Trinajstić information content (AvgIpc) is 3.52. The lowest BCUT2D eigenvalue weighted by molar-refractivity contribution is -0.150.